The molecule has 2 aliphatic rings. The summed E-state index contributed by atoms with van der Waals surface area (Å²) in [5, 5.41) is 10.1. The van der Waals surface area contributed by atoms with Gasteiger partial charge in [0.2, 0.25) is 0 Å². The number of hydrogen-bond acceptors (Lipinski definition) is 3. The third kappa shape index (κ3) is 3.47. The lowest BCUT2D eigenvalue weighted by Crippen LogP contribution is -2.62. The van der Waals surface area contributed by atoms with Crippen LogP contribution in [0.1, 0.15) is 35.2 Å². The van der Waals surface area contributed by atoms with E-state index in [0.29, 0.717) is 6.54 Å². The minimum atomic E-state index is -0.0426. The smallest absolute Gasteiger partial charge is 0.253 e. The molecule has 1 amide bonds. The molecule has 2 aromatic carbocycles. The number of nitrogens with zero attached hydrogens (tertiary/aromatic N) is 2. The molecule has 0 saturated carbocycles. The maximum Gasteiger partial charge on any atom is 0.253 e. The average Bonchev–Trinajstić information content (AvgIpc) is 2.74. The van der Waals surface area contributed by atoms with Crippen molar-refractivity contribution in [2.24, 2.45) is 5.41 Å². The molecule has 28 heavy (non-hydrogen) atoms. The highest BCUT2D eigenvalue weighted by Crippen LogP contribution is 2.41. The maximum atomic E-state index is 13.1. The van der Waals surface area contributed by atoms with Crippen molar-refractivity contribution in [3.63, 3.8) is 0 Å². The molecule has 148 valence electrons. The number of piperidine rings is 2. The number of amides is 1. The molecule has 1 N–H and O–H groups in total. The number of benzene rings is 2. The first kappa shape index (κ1) is 19.2. The first-order chi connectivity index (χ1) is 13.5. The van der Waals surface area contributed by atoms with Gasteiger partial charge in [0.15, 0.2) is 0 Å². The minimum absolute atomic E-state index is 0.0426. The number of carbonyl (C=O) groups excluding carboxylic acids is 1. The Labute approximate surface area is 167 Å². The molecular weight excluding hydrogens is 348 g/mol. The Hall–Kier alpha value is -2.17. The summed E-state index contributed by atoms with van der Waals surface area (Å²) >= 11 is 0. The summed E-state index contributed by atoms with van der Waals surface area (Å²) in [6.07, 6.45) is 3.07. The number of aliphatic hydroxyl groups excluding tert-OH is 1. The average molecular weight is 379 g/mol. The predicted molar refractivity (Wildman–Crippen MR) is 112 cm³/mol. The standard InChI is InChI=1S/C24H30N2O2/c1-18-4-6-19(7-5-18)20-8-10-21(11-9-20)23(28)26-15-13-24(17-27)12-3-14-25(2)22(24)16-26/h4-11,22,27H,3,12-17H2,1-2H3/t22-,24-/m1/s1. The highest BCUT2D eigenvalue weighted by molar-refractivity contribution is 5.94. The van der Waals surface area contributed by atoms with Crippen LogP contribution in [-0.2, 0) is 0 Å². The number of fused-ring (bicyclic) bond motifs is 1. The lowest BCUT2D eigenvalue weighted by Gasteiger charge is -2.53. The number of likely N-dealkylation sites (tertiary alicyclic amines) is 2. The zero-order chi connectivity index (χ0) is 19.7. The van der Waals surface area contributed by atoms with Crippen molar-refractivity contribution in [1.82, 2.24) is 9.80 Å². The molecule has 2 aromatic rings. The van der Waals surface area contributed by atoms with E-state index in [9.17, 15) is 9.90 Å². The molecule has 0 unspecified atom stereocenters. The Morgan fingerprint density at radius 3 is 2.32 bits per heavy atom. The SMILES string of the molecule is Cc1ccc(-c2ccc(C(=O)N3CC[C@@]4(CO)CCCN(C)[C@@H]4C3)cc2)cc1. The van der Waals surface area contributed by atoms with Crippen molar-refractivity contribution in [2.45, 2.75) is 32.2 Å². The summed E-state index contributed by atoms with van der Waals surface area (Å²) in [5.41, 5.74) is 4.23. The summed E-state index contributed by atoms with van der Waals surface area (Å²) in [6, 6.07) is 16.6. The normalized spacial score (nSPS) is 25.4. The highest BCUT2D eigenvalue weighted by Gasteiger charge is 2.47. The van der Waals surface area contributed by atoms with Gasteiger partial charge in [-0.25, -0.2) is 0 Å². The highest BCUT2D eigenvalue weighted by atomic mass is 16.3. The van der Waals surface area contributed by atoms with Gasteiger partial charge < -0.3 is 14.9 Å². The largest absolute Gasteiger partial charge is 0.396 e. The van der Waals surface area contributed by atoms with Gasteiger partial charge in [-0.15, -0.1) is 0 Å². The molecule has 2 aliphatic heterocycles. The summed E-state index contributed by atoms with van der Waals surface area (Å²) in [6.45, 7) is 4.77. The molecule has 4 heteroatoms. The summed E-state index contributed by atoms with van der Waals surface area (Å²) in [5.74, 6) is 0.0981. The number of likely N-dealkylation sites (N-methyl/N-ethyl adjacent to an activating group) is 1. The molecule has 0 radical (unpaired) electrons. The lowest BCUT2D eigenvalue weighted by atomic mass is 9.69. The van der Waals surface area contributed by atoms with E-state index in [4.69, 9.17) is 0 Å². The molecule has 2 heterocycles. The van der Waals surface area contributed by atoms with Crippen LogP contribution in [0.4, 0.5) is 0 Å². The van der Waals surface area contributed by atoms with Gasteiger partial charge >= 0.3 is 0 Å². The lowest BCUT2D eigenvalue weighted by molar-refractivity contribution is -0.0601. The second-order valence-corrected chi connectivity index (χ2v) is 8.56. The van der Waals surface area contributed by atoms with Crippen LogP contribution < -0.4 is 0 Å². The van der Waals surface area contributed by atoms with Crippen molar-refractivity contribution in [2.75, 3.05) is 33.3 Å². The number of carbonyl (C=O) groups is 1. The first-order valence-corrected chi connectivity index (χ1v) is 10.3. The van der Waals surface area contributed by atoms with E-state index in [-0.39, 0.29) is 24.0 Å². The van der Waals surface area contributed by atoms with Crippen molar-refractivity contribution < 1.29 is 9.90 Å². The number of aliphatic hydroxyl groups is 1. The van der Waals surface area contributed by atoms with Gasteiger partial charge in [-0.05, 0) is 63.0 Å². The minimum Gasteiger partial charge on any atom is -0.396 e. The fourth-order valence-corrected chi connectivity index (χ4v) is 4.93. The molecule has 2 saturated heterocycles. The van der Waals surface area contributed by atoms with Crippen LogP contribution in [0.25, 0.3) is 11.1 Å². The van der Waals surface area contributed by atoms with Gasteiger partial charge in [0.05, 0.1) is 6.61 Å². The summed E-state index contributed by atoms with van der Waals surface area (Å²) < 4.78 is 0. The van der Waals surface area contributed by atoms with Crippen LogP contribution in [-0.4, -0.2) is 60.1 Å². The van der Waals surface area contributed by atoms with E-state index >= 15 is 0 Å². The Balaban J connectivity index is 1.49. The summed E-state index contributed by atoms with van der Waals surface area (Å²) in [4.78, 5) is 17.4. The van der Waals surface area contributed by atoms with Crippen LogP contribution >= 0.6 is 0 Å². The van der Waals surface area contributed by atoms with Crippen molar-refractivity contribution in [3.8, 4) is 11.1 Å². The molecule has 4 nitrogen and oxygen atoms in total. The van der Waals surface area contributed by atoms with Crippen molar-refractivity contribution in [1.29, 1.82) is 0 Å². The van der Waals surface area contributed by atoms with Crippen molar-refractivity contribution in [3.05, 3.63) is 59.7 Å². The van der Waals surface area contributed by atoms with Crippen LogP contribution in [0.5, 0.6) is 0 Å². The third-order valence-corrected chi connectivity index (χ3v) is 6.82. The second kappa shape index (κ2) is 7.69. The maximum absolute atomic E-state index is 13.1. The molecular formula is C24H30N2O2. The van der Waals surface area contributed by atoms with E-state index in [2.05, 4.69) is 43.1 Å². The van der Waals surface area contributed by atoms with Crippen LogP contribution in [0.3, 0.4) is 0 Å². The Bertz CT molecular complexity index is 831. The fourth-order valence-electron chi connectivity index (χ4n) is 4.93. The number of rotatable bonds is 3. The quantitative estimate of drug-likeness (QED) is 0.888. The van der Waals surface area contributed by atoms with Gasteiger partial charge in [0.25, 0.3) is 5.91 Å². The van der Waals surface area contributed by atoms with Crippen LogP contribution in [0.2, 0.25) is 0 Å². The topological polar surface area (TPSA) is 43.8 Å². The zero-order valence-electron chi connectivity index (χ0n) is 16.9. The molecule has 2 atom stereocenters. The van der Waals surface area contributed by atoms with Gasteiger partial charge in [-0.1, -0.05) is 42.0 Å². The van der Waals surface area contributed by atoms with E-state index in [1.54, 1.807) is 0 Å². The van der Waals surface area contributed by atoms with Gasteiger partial charge in [-0.2, -0.15) is 0 Å². The van der Waals surface area contributed by atoms with Gasteiger partial charge in [0, 0.05) is 30.1 Å². The Morgan fingerprint density at radius 2 is 1.68 bits per heavy atom. The summed E-state index contributed by atoms with van der Waals surface area (Å²) in [7, 11) is 2.12. The third-order valence-electron chi connectivity index (χ3n) is 6.82. The fraction of sp³-hybridized carbons (Fsp3) is 0.458. The molecule has 0 bridgehead atoms. The molecule has 4 rings (SSSR count). The van der Waals surface area contributed by atoms with Gasteiger partial charge in [0.1, 0.15) is 0 Å². The molecule has 0 spiro atoms. The molecule has 0 aliphatic carbocycles. The van der Waals surface area contributed by atoms with E-state index < -0.39 is 0 Å². The van der Waals surface area contributed by atoms with Crippen LogP contribution in [0.15, 0.2) is 48.5 Å². The number of hydrogen-bond donors (Lipinski definition) is 1. The van der Waals surface area contributed by atoms with E-state index in [1.165, 1.54) is 11.1 Å². The Kier molecular flexibility index (Phi) is 5.26. The second-order valence-electron chi connectivity index (χ2n) is 8.56. The first-order valence-electron chi connectivity index (χ1n) is 10.3. The molecule has 0 aromatic heterocycles. The van der Waals surface area contributed by atoms with Crippen LogP contribution in [0, 0.1) is 12.3 Å². The number of aryl methyl sites for hydroxylation is 1. The van der Waals surface area contributed by atoms with Crippen molar-refractivity contribution >= 4 is 5.91 Å². The van der Waals surface area contributed by atoms with Gasteiger partial charge in [-0.3, -0.25) is 4.79 Å². The predicted octanol–water partition coefficient (Wildman–Crippen LogP) is 3.58. The molecule has 2 fully saturated rings. The monoisotopic (exact) mass is 378 g/mol. The van der Waals surface area contributed by atoms with E-state index in [0.717, 1.165) is 43.5 Å². The Morgan fingerprint density at radius 1 is 1.04 bits per heavy atom. The zero-order valence-corrected chi connectivity index (χ0v) is 16.9. The van der Waals surface area contributed by atoms with E-state index in [1.807, 2.05) is 29.2 Å².